The third kappa shape index (κ3) is 2.63. The summed E-state index contributed by atoms with van der Waals surface area (Å²) in [6, 6.07) is 1.64. The van der Waals surface area contributed by atoms with E-state index in [4.69, 9.17) is 11.5 Å². The van der Waals surface area contributed by atoms with Crippen LogP contribution in [0.1, 0.15) is 40.1 Å². The van der Waals surface area contributed by atoms with Gasteiger partial charge in [0.2, 0.25) is 5.91 Å². The first-order chi connectivity index (χ1) is 9.04. The minimum Gasteiger partial charge on any atom is -0.366 e. The van der Waals surface area contributed by atoms with Crippen molar-refractivity contribution in [1.82, 2.24) is 9.47 Å². The highest BCUT2D eigenvalue weighted by Crippen LogP contribution is 2.19. The number of aromatic nitrogens is 1. The number of rotatable bonds is 3. The molecule has 4 N–H and O–H groups in total. The zero-order chi connectivity index (χ0) is 14.0. The second kappa shape index (κ2) is 5.44. The van der Waals surface area contributed by atoms with E-state index in [1.54, 1.807) is 23.9 Å². The molecule has 2 amide bonds. The molecule has 19 heavy (non-hydrogen) atoms. The number of amides is 2. The van der Waals surface area contributed by atoms with Crippen LogP contribution in [0, 0.1) is 0 Å². The number of likely N-dealkylation sites (tertiary alicyclic amines) is 1. The van der Waals surface area contributed by atoms with Gasteiger partial charge in [0, 0.05) is 32.4 Å². The van der Waals surface area contributed by atoms with Gasteiger partial charge in [-0.3, -0.25) is 9.59 Å². The summed E-state index contributed by atoms with van der Waals surface area (Å²) in [6.07, 6.45) is 4.62. The molecule has 2 rings (SSSR count). The van der Waals surface area contributed by atoms with Crippen LogP contribution in [-0.4, -0.2) is 40.4 Å². The van der Waals surface area contributed by atoms with Crippen molar-refractivity contribution in [1.29, 1.82) is 0 Å². The molecule has 1 aromatic rings. The molecule has 1 aromatic heterocycles. The maximum absolute atomic E-state index is 12.5. The SMILES string of the molecule is Cn1cc(C(N)=O)cc1C(=O)N1CCCCC1CN. The van der Waals surface area contributed by atoms with Crippen molar-refractivity contribution in [2.75, 3.05) is 13.1 Å². The Morgan fingerprint density at radius 1 is 1.42 bits per heavy atom. The summed E-state index contributed by atoms with van der Waals surface area (Å²) in [5.41, 5.74) is 11.8. The standard InChI is InChI=1S/C13H20N4O2/c1-16-8-9(12(15)18)6-11(16)13(19)17-5-3-2-4-10(17)7-14/h6,8,10H,2-5,7,14H2,1H3,(H2,15,18). The van der Waals surface area contributed by atoms with Crippen LogP contribution in [0.15, 0.2) is 12.3 Å². The Hall–Kier alpha value is -1.82. The molecule has 0 spiro atoms. The quantitative estimate of drug-likeness (QED) is 0.809. The molecule has 1 aliphatic rings. The van der Waals surface area contributed by atoms with Crippen LogP contribution in [0.3, 0.4) is 0 Å². The Morgan fingerprint density at radius 3 is 2.74 bits per heavy atom. The van der Waals surface area contributed by atoms with Gasteiger partial charge in [-0.25, -0.2) is 0 Å². The van der Waals surface area contributed by atoms with E-state index in [-0.39, 0.29) is 11.9 Å². The molecule has 6 nitrogen and oxygen atoms in total. The maximum Gasteiger partial charge on any atom is 0.270 e. The average molecular weight is 264 g/mol. The number of carbonyl (C=O) groups excluding carboxylic acids is 2. The van der Waals surface area contributed by atoms with E-state index >= 15 is 0 Å². The third-order valence-electron chi connectivity index (χ3n) is 3.67. The molecular formula is C13H20N4O2. The Bertz CT molecular complexity index is 495. The number of nitrogens with two attached hydrogens (primary N) is 2. The summed E-state index contributed by atoms with van der Waals surface area (Å²) in [6.45, 7) is 1.19. The summed E-state index contributed by atoms with van der Waals surface area (Å²) >= 11 is 0. The normalized spacial score (nSPS) is 19.5. The minimum atomic E-state index is -0.524. The van der Waals surface area contributed by atoms with Crippen LogP contribution in [-0.2, 0) is 7.05 Å². The van der Waals surface area contributed by atoms with Gasteiger partial charge in [-0.1, -0.05) is 0 Å². The predicted molar refractivity (Wildman–Crippen MR) is 71.7 cm³/mol. The van der Waals surface area contributed by atoms with Crippen molar-refractivity contribution in [3.8, 4) is 0 Å². The van der Waals surface area contributed by atoms with Crippen LogP contribution < -0.4 is 11.5 Å². The molecule has 0 aliphatic carbocycles. The number of hydrogen-bond donors (Lipinski definition) is 2. The fourth-order valence-electron chi connectivity index (χ4n) is 2.57. The highest BCUT2D eigenvalue weighted by Gasteiger charge is 2.28. The first kappa shape index (κ1) is 13.6. The second-order valence-electron chi connectivity index (χ2n) is 4.97. The lowest BCUT2D eigenvalue weighted by atomic mass is 10.0. The summed E-state index contributed by atoms with van der Waals surface area (Å²) in [5.74, 6) is -0.603. The molecule has 0 aromatic carbocycles. The molecule has 1 atom stereocenters. The number of primary amides is 1. The van der Waals surface area contributed by atoms with Gasteiger partial charge >= 0.3 is 0 Å². The zero-order valence-corrected chi connectivity index (χ0v) is 11.1. The van der Waals surface area contributed by atoms with E-state index in [9.17, 15) is 9.59 Å². The molecule has 1 unspecified atom stereocenters. The molecule has 1 saturated heterocycles. The molecule has 6 heteroatoms. The summed E-state index contributed by atoms with van der Waals surface area (Å²) in [5, 5.41) is 0. The summed E-state index contributed by atoms with van der Waals surface area (Å²) in [7, 11) is 1.74. The molecule has 0 bridgehead atoms. The van der Waals surface area contributed by atoms with Crippen LogP contribution in [0.5, 0.6) is 0 Å². The van der Waals surface area contributed by atoms with E-state index in [0.717, 1.165) is 25.8 Å². The van der Waals surface area contributed by atoms with Gasteiger partial charge in [0.25, 0.3) is 5.91 Å². The molecule has 1 aliphatic heterocycles. The van der Waals surface area contributed by atoms with E-state index in [1.807, 2.05) is 4.90 Å². The molecule has 2 heterocycles. The van der Waals surface area contributed by atoms with Crippen LogP contribution in [0.2, 0.25) is 0 Å². The lowest BCUT2D eigenvalue weighted by Gasteiger charge is -2.35. The Kier molecular flexibility index (Phi) is 3.90. The van der Waals surface area contributed by atoms with Gasteiger partial charge < -0.3 is 20.9 Å². The van der Waals surface area contributed by atoms with E-state index in [2.05, 4.69) is 0 Å². The number of carbonyl (C=O) groups is 2. The van der Waals surface area contributed by atoms with Crippen LogP contribution in [0.25, 0.3) is 0 Å². The number of hydrogen-bond acceptors (Lipinski definition) is 3. The lowest BCUT2D eigenvalue weighted by Crippen LogP contribution is -2.47. The van der Waals surface area contributed by atoms with Gasteiger partial charge in [-0.05, 0) is 25.3 Å². The van der Waals surface area contributed by atoms with Gasteiger partial charge in [-0.2, -0.15) is 0 Å². The number of nitrogens with zero attached hydrogens (tertiary/aromatic N) is 2. The van der Waals surface area contributed by atoms with Gasteiger partial charge in [0.15, 0.2) is 0 Å². The van der Waals surface area contributed by atoms with Gasteiger partial charge in [0.05, 0.1) is 5.56 Å². The van der Waals surface area contributed by atoms with Crippen LogP contribution in [0.4, 0.5) is 0 Å². The minimum absolute atomic E-state index is 0.0786. The first-order valence-electron chi connectivity index (χ1n) is 6.51. The van der Waals surface area contributed by atoms with Crippen LogP contribution >= 0.6 is 0 Å². The molecule has 104 valence electrons. The average Bonchev–Trinajstić information content (AvgIpc) is 2.80. The van der Waals surface area contributed by atoms with Crippen molar-refractivity contribution < 1.29 is 9.59 Å². The highest BCUT2D eigenvalue weighted by molar-refractivity contribution is 5.98. The third-order valence-corrected chi connectivity index (χ3v) is 3.67. The van der Waals surface area contributed by atoms with Crippen molar-refractivity contribution in [3.63, 3.8) is 0 Å². The van der Waals surface area contributed by atoms with Crippen molar-refractivity contribution in [2.45, 2.75) is 25.3 Å². The molecular weight excluding hydrogens is 244 g/mol. The summed E-state index contributed by atoms with van der Waals surface area (Å²) in [4.78, 5) is 25.5. The zero-order valence-electron chi connectivity index (χ0n) is 11.1. The first-order valence-corrected chi connectivity index (χ1v) is 6.51. The molecule has 1 fully saturated rings. The van der Waals surface area contributed by atoms with Gasteiger partial charge in [-0.15, -0.1) is 0 Å². The van der Waals surface area contributed by atoms with E-state index in [0.29, 0.717) is 17.8 Å². The second-order valence-corrected chi connectivity index (χ2v) is 4.97. The Labute approximate surface area is 112 Å². The smallest absolute Gasteiger partial charge is 0.270 e. The van der Waals surface area contributed by atoms with E-state index in [1.165, 1.54) is 0 Å². The summed E-state index contributed by atoms with van der Waals surface area (Å²) < 4.78 is 1.64. The number of piperidine rings is 1. The monoisotopic (exact) mass is 264 g/mol. The van der Waals surface area contributed by atoms with Crippen molar-refractivity contribution in [3.05, 3.63) is 23.5 Å². The van der Waals surface area contributed by atoms with Crippen molar-refractivity contribution in [2.24, 2.45) is 18.5 Å². The fraction of sp³-hybridized carbons (Fsp3) is 0.538. The van der Waals surface area contributed by atoms with Gasteiger partial charge in [0.1, 0.15) is 5.69 Å². The van der Waals surface area contributed by atoms with Crippen molar-refractivity contribution >= 4 is 11.8 Å². The molecule has 0 saturated carbocycles. The Balaban J connectivity index is 2.25. The fourth-order valence-corrected chi connectivity index (χ4v) is 2.57. The lowest BCUT2D eigenvalue weighted by molar-refractivity contribution is 0.0613. The predicted octanol–water partition coefficient (Wildman–Crippen LogP) is 0.0774. The topological polar surface area (TPSA) is 94.3 Å². The number of aryl methyl sites for hydroxylation is 1. The highest BCUT2D eigenvalue weighted by atomic mass is 16.2. The molecule has 0 radical (unpaired) electrons. The Morgan fingerprint density at radius 2 is 2.16 bits per heavy atom. The maximum atomic E-state index is 12.5. The van der Waals surface area contributed by atoms with E-state index < -0.39 is 5.91 Å². The largest absolute Gasteiger partial charge is 0.366 e.